The van der Waals surface area contributed by atoms with Gasteiger partial charge in [0.2, 0.25) is 0 Å². The molecule has 0 radical (unpaired) electrons. The smallest absolute Gasteiger partial charge is 0.295 e. The zero-order chi connectivity index (χ0) is 14.0. The summed E-state index contributed by atoms with van der Waals surface area (Å²) in [6, 6.07) is 5.49. The van der Waals surface area contributed by atoms with Crippen LogP contribution in [0.4, 0.5) is 0 Å². The number of Topliss-reactive ketones (excluding diaryl/α,β-unsaturated/α-hetero) is 1. The second kappa shape index (κ2) is 5.43. The van der Waals surface area contributed by atoms with Gasteiger partial charge < -0.3 is 0 Å². The Morgan fingerprint density at radius 3 is 2.47 bits per heavy atom. The van der Waals surface area contributed by atoms with Crippen LogP contribution in [0.25, 0.3) is 11.0 Å². The molecule has 0 atom stereocenters. The molecule has 0 fully saturated rings. The van der Waals surface area contributed by atoms with Gasteiger partial charge in [-0.3, -0.25) is 13.9 Å². The molecule has 4 heteroatoms. The van der Waals surface area contributed by atoms with Crippen molar-refractivity contribution in [3.05, 3.63) is 34.2 Å². The molecule has 19 heavy (non-hydrogen) atoms. The van der Waals surface area contributed by atoms with E-state index in [1.54, 1.807) is 23.2 Å². The fourth-order valence-electron chi connectivity index (χ4n) is 2.36. The molecule has 0 N–H and O–H groups in total. The van der Waals surface area contributed by atoms with Gasteiger partial charge in [-0.2, -0.15) is 0 Å². The van der Waals surface area contributed by atoms with Crippen molar-refractivity contribution in [1.29, 1.82) is 0 Å². The van der Waals surface area contributed by atoms with Crippen LogP contribution in [0.2, 0.25) is 0 Å². The summed E-state index contributed by atoms with van der Waals surface area (Å²) in [4.78, 5) is 23.9. The fourth-order valence-corrected chi connectivity index (χ4v) is 2.36. The zero-order valence-corrected chi connectivity index (χ0v) is 11.8. The number of hydrogen-bond donors (Lipinski definition) is 0. The average molecular weight is 260 g/mol. The molecule has 0 bridgehead atoms. The highest BCUT2D eigenvalue weighted by atomic mass is 16.1. The van der Waals surface area contributed by atoms with E-state index >= 15 is 0 Å². The summed E-state index contributed by atoms with van der Waals surface area (Å²) in [6.07, 6.45) is 3.71. The second-order valence-corrected chi connectivity index (χ2v) is 4.98. The Labute approximate surface area is 112 Å². The maximum Gasteiger partial charge on any atom is 0.328 e. The Kier molecular flexibility index (Phi) is 3.88. The first-order valence-corrected chi connectivity index (χ1v) is 6.75. The Bertz CT molecular complexity index is 665. The van der Waals surface area contributed by atoms with E-state index in [4.69, 9.17) is 0 Å². The van der Waals surface area contributed by atoms with Gasteiger partial charge in [-0.05, 0) is 24.6 Å². The van der Waals surface area contributed by atoms with Gasteiger partial charge in [-0.1, -0.05) is 19.8 Å². The molecule has 4 nitrogen and oxygen atoms in total. The van der Waals surface area contributed by atoms with Crippen LogP contribution in [0.1, 0.15) is 43.0 Å². The van der Waals surface area contributed by atoms with Gasteiger partial charge in [0, 0.05) is 26.1 Å². The number of hydrogen-bond acceptors (Lipinski definition) is 2. The van der Waals surface area contributed by atoms with Gasteiger partial charge >= 0.3 is 5.69 Å². The zero-order valence-electron chi connectivity index (χ0n) is 11.8. The number of unbranched alkanes of at least 4 members (excludes halogenated alkanes) is 2. The highest BCUT2D eigenvalue weighted by Gasteiger charge is 2.11. The van der Waals surface area contributed by atoms with E-state index in [0.29, 0.717) is 12.0 Å². The summed E-state index contributed by atoms with van der Waals surface area (Å²) >= 11 is 0. The number of carbonyl (C=O) groups excluding carboxylic acids is 1. The van der Waals surface area contributed by atoms with E-state index in [9.17, 15) is 9.59 Å². The van der Waals surface area contributed by atoms with Crippen LogP contribution in [0.15, 0.2) is 23.0 Å². The molecule has 0 aliphatic carbocycles. The van der Waals surface area contributed by atoms with Gasteiger partial charge in [0.1, 0.15) is 0 Å². The van der Waals surface area contributed by atoms with Crippen molar-refractivity contribution in [2.45, 2.75) is 32.6 Å². The first-order chi connectivity index (χ1) is 9.06. The number of nitrogens with zero attached hydrogens (tertiary/aromatic N) is 2. The van der Waals surface area contributed by atoms with Crippen molar-refractivity contribution >= 4 is 16.8 Å². The van der Waals surface area contributed by atoms with Gasteiger partial charge in [-0.15, -0.1) is 0 Å². The minimum atomic E-state index is -0.0643. The normalized spacial score (nSPS) is 11.1. The lowest BCUT2D eigenvalue weighted by molar-refractivity contribution is 0.0979. The number of benzene rings is 1. The van der Waals surface area contributed by atoms with Crippen molar-refractivity contribution in [2.24, 2.45) is 14.1 Å². The third-order valence-corrected chi connectivity index (χ3v) is 3.60. The molecular formula is C15H20N2O2. The molecule has 1 aromatic heterocycles. The van der Waals surface area contributed by atoms with Gasteiger partial charge in [0.05, 0.1) is 11.0 Å². The van der Waals surface area contributed by atoms with E-state index in [1.165, 1.54) is 0 Å². The number of fused-ring (bicyclic) bond motifs is 1. The van der Waals surface area contributed by atoms with Crippen LogP contribution in [-0.2, 0) is 14.1 Å². The molecule has 1 aromatic carbocycles. The minimum Gasteiger partial charge on any atom is -0.295 e. The topological polar surface area (TPSA) is 44.0 Å². The summed E-state index contributed by atoms with van der Waals surface area (Å²) < 4.78 is 3.18. The minimum absolute atomic E-state index is 0.0643. The Morgan fingerprint density at radius 1 is 1.11 bits per heavy atom. The first kappa shape index (κ1) is 13.6. The molecule has 102 valence electrons. The van der Waals surface area contributed by atoms with Crippen LogP contribution < -0.4 is 5.69 Å². The molecular weight excluding hydrogens is 240 g/mol. The van der Waals surface area contributed by atoms with Crippen LogP contribution in [0, 0.1) is 0 Å². The molecule has 0 amide bonds. The third kappa shape index (κ3) is 2.48. The van der Waals surface area contributed by atoms with Crippen LogP contribution in [0.5, 0.6) is 0 Å². The molecule has 0 saturated heterocycles. The summed E-state index contributed by atoms with van der Waals surface area (Å²) in [5, 5.41) is 0. The molecule has 0 unspecified atom stereocenters. The summed E-state index contributed by atoms with van der Waals surface area (Å²) in [5.74, 6) is 0.159. The van der Waals surface area contributed by atoms with Crippen LogP contribution in [0.3, 0.4) is 0 Å². The van der Waals surface area contributed by atoms with Crippen LogP contribution in [-0.4, -0.2) is 14.9 Å². The largest absolute Gasteiger partial charge is 0.328 e. The Hall–Kier alpha value is -1.84. The molecule has 0 saturated carbocycles. The Morgan fingerprint density at radius 2 is 1.79 bits per heavy atom. The van der Waals surface area contributed by atoms with E-state index in [1.807, 2.05) is 18.2 Å². The monoisotopic (exact) mass is 260 g/mol. The SMILES string of the molecule is CCCCCC(=O)c1ccc2c(c1)n(C)c(=O)n2C. The maximum atomic E-state index is 12.1. The van der Waals surface area contributed by atoms with E-state index in [-0.39, 0.29) is 11.5 Å². The predicted molar refractivity (Wildman–Crippen MR) is 76.6 cm³/mol. The lowest BCUT2D eigenvalue weighted by Crippen LogP contribution is -2.19. The average Bonchev–Trinajstić information content (AvgIpc) is 2.64. The van der Waals surface area contributed by atoms with Crippen molar-refractivity contribution in [2.75, 3.05) is 0 Å². The maximum absolute atomic E-state index is 12.1. The summed E-state index contributed by atoms with van der Waals surface area (Å²) in [7, 11) is 3.48. The molecule has 0 aliphatic heterocycles. The van der Waals surface area contributed by atoms with Crippen molar-refractivity contribution < 1.29 is 4.79 Å². The second-order valence-electron chi connectivity index (χ2n) is 4.98. The van der Waals surface area contributed by atoms with E-state index in [0.717, 1.165) is 30.3 Å². The number of rotatable bonds is 5. The third-order valence-electron chi connectivity index (χ3n) is 3.60. The number of carbonyl (C=O) groups is 1. The highest BCUT2D eigenvalue weighted by molar-refractivity contribution is 5.98. The Balaban J connectivity index is 2.34. The van der Waals surface area contributed by atoms with Gasteiger partial charge in [0.25, 0.3) is 0 Å². The summed E-state index contributed by atoms with van der Waals surface area (Å²) in [5.41, 5.74) is 2.31. The number of aromatic nitrogens is 2. The van der Waals surface area contributed by atoms with Crippen molar-refractivity contribution in [3.8, 4) is 0 Å². The van der Waals surface area contributed by atoms with Gasteiger partial charge in [0.15, 0.2) is 5.78 Å². The molecule has 1 heterocycles. The van der Waals surface area contributed by atoms with Crippen molar-refractivity contribution in [3.63, 3.8) is 0 Å². The number of ketones is 1. The number of aryl methyl sites for hydroxylation is 2. The molecule has 0 aliphatic rings. The van der Waals surface area contributed by atoms with Crippen molar-refractivity contribution in [1.82, 2.24) is 9.13 Å². The highest BCUT2D eigenvalue weighted by Crippen LogP contribution is 2.16. The summed E-state index contributed by atoms with van der Waals surface area (Å²) in [6.45, 7) is 2.12. The lowest BCUT2D eigenvalue weighted by Gasteiger charge is -2.02. The van der Waals surface area contributed by atoms with Crippen LogP contribution >= 0.6 is 0 Å². The first-order valence-electron chi connectivity index (χ1n) is 6.75. The lowest BCUT2D eigenvalue weighted by atomic mass is 10.0. The van der Waals surface area contributed by atoms with E-state index < -0.39 is 0 Å². The molecule has 2 rings (SSSR count). The molecule has 0 spiro atoms. The standard InChI is InChI=1S/C15H20N2O2/c1-4-5-6-7-14(18)11-8-9-12-13(10-11)17(3)15(19)16(12)2/h8-10H,4-7H2,1-3H3. The fraction of sp³-hybridized carbons (Fsp3) is 0.467. The molecule has 2 aromatic rings. The number of imidazole rings is 1. The van der Waals surface area contributed by atoms with E-state index in [2.05, 4.69) is 6.92 Å². The van der Waals surface area contributed by atoms with Gasteiger partial charge in [-0.25, -0.2) is 4.79 Å². The quantitative estimate of drug-likeness (QED) is 0.612. The predicted octanol–water partition coefficient (Wildman–Crippen LogP) is 2.64.